The fourth-order valence-electron chi connectivity index (χ4n) is 3.50. The Hall–Kier alpha value is -1.96. The third kappa shape index (κ3) is 1.67. The Morgan fingerprint density at radius 2 is 1.59 bits per heavy atom. The van der Waals surface area contributed by atoms with Crippen LogP contribution < -0.4 is 0 Å². The molecule has 0 saturated carbocycles. The lowest BCUT2D eigenvalue weighted by atomic mass is 9.51. The van der Waals surface area contributed by atoms with E-state index < -0.39 is 35.5 Å². The Balaban J connectivity index is 2.92. The lowest BCUT2D eigenvalue weighted by molar-refractivity contribution is -0.367. The van der Waals surface area contributed by atoms with Gasteiger partial charge in [-0.15, -0.1) is 0 Å². The van der Waals surface area contributed by atoms with Crippen LogP contribution in [-0.2, 0) is 0 Å². The van der Waals surface area contributed by atoms with Crippen molar-refractivity contribution in [2.24, 2.45) is 16.7 Å². The molecule has 0 spiro atoms. The monoisotopic (exact) mass is 320 g/mol. The smallest absolute Gasteiger partial charge is 0.196 e. The molecule has 0 aromatic heterocycles. The Labute approximate surface area is 122 Å². The van der Waals surface area contributed by atoms with E-state index in [-0.39, 0.29) is 12.0 Å². The average Bonchev–Trinajstić information content (AvgIpc) is 2.86. The second-order valence-electron chi connectivity index (χ2n) is 5.52. The zero-order valence-corrected chi connectivity index (χ0v) is 11.3. The number of nitrogens with zero attached hydrogens (tertiary/aromatic N) is 2. The van der Waals surface area contributed by atoms with E-state index in [9.17, 15) is 36.9 Å². The minimum atomic E-state index is -5.78. The van der Waals surface area contributed by atoms with Crippen molar-refractivity contribution in [3.8, 4) is 12.1 Å². The van der Waals surface area contributed by atoms with Crippen LogP contribution in [0.2, 0.25) is 0 Å². The summed E-state index contributed by atoms with van der Waals surface area (Å²) in [4.78, 5) is 0. The Morgan fingerprint density at radius 1 is 1.09 bits per heavy atom. The molecule has 0 aliphatic heterocycles. The molecule has 22 heavy (non-hydrogen) atoms. The molecule has 0 heterocycles. The maximum absolute atomic E-state index is 13.5. The summed E-state index contributed by atoms with van der Waals surface area (Å²) in [6.07, 6.45) is -10.3. The van der Waals surface area contributed by atoms with Gasteiger partial charge in [0.1, 0.15) is 0 Å². The van der Waals surface area contributed by atoms with Crippen molar-refractivity contribution in [2.75, 3.05) is 0 Å². The second kappa shape index (κ2) is 4.52. The third-order valence-corrected chi connectivity index (χ3v) is 4.58. The molecule has 118 valence electrons. The molecule has 0 amide bonds. The van der Waals surface area contributed by atoms with Crippen LogP contribution in [-0.4, -0.2) is 12.4 Å². The molecule has 0 aromatic carbocycles. The number of hydrogen-bond donors (Lipinski definition) is 0. The van der Waals surface area contributed by atoms with Gasteiger partial charge in [0.2, 0.25) is 0 Å². The summed E-state index contributed by atoms with van der Waals surface area (Å²) in [6.45, 7) is 1.19. The second-order valence-corrected chi connectivity index (χ2v) is 5.52. The van der Waals surface area contributed by atoms with Gasteiger partial charge in [-0.25, -0.2) is 0 Å². The largest absolute Gasteiger partial charge is 0.406 e. The molecular formula is C14H10F6N2. The van der Waals surface area contributed by atoms with E-state index in [1.54, 1.807) is 0 Å². The van der Waals surface area contributed by atoms with Gasteiger partial charge in [-0.1, -0.05) is 23.3 Å². The molecule has 0 N–H and O–H groups in total. The van der Waals surface area contributed by atoms with Crippen molar-refractivity contribution < 1.29 is 26.3 Å². The van der Waals surface area contributed by atoms with Crippen molar-refractivity contribution in [1.29, 1.82) is 10.5 Å². The van der Waals surface area contributed by atoms with Gasteiger partial charge in [0, 0.05) is 5.92 Å². The summed E-state index contributed by atoms with van der Waals surface area (Å²) >= 11 is 0. The summed E-state index contributed by atoms with van der Waals surface area (Å²) in [7, 11) is 0. The highest BCUT2D eigenvalue weighted by Gasteiger charge is 2.83. The molecule has 2 aliphatic carbocycles. The number of allylic oxidation sites excluding steroid dienone is 4. The van der Waals surface area contributed by atoms with Crippen LogP contribution in [0, 0.1) is 39.4 Å². The standard InChI is InChI=1S/C14H10F6N2/c1-8-5-12(13(15,16)17,14(18,19)20)11(6-21,7-22)10-4-2-3-9(8)10/h2,4,10H,3,5H2,1H3/t10-/m1/s1. The van der Waals surface area contributed by atoms with Crippen molar-refractivity contribution in [3.63, 3.8) is 0 Å². The molecule has 0 fully saturated rings. The summed E-state index contributed by atoms with van der Waals surface area (Å²) in [6, 6.07) is 2.15. The first kappa shape index (κ1) is 16.4. The van der Waals surface area contributed by atoms with Crippen molar-refractivity contribution in [2.45, 2.75) is 32.1 Å². The molecule has 0 saturated heterocycles. The fourth-order valence-corrected chi connectivity index (χ4v) is 3.50. The van der Waals surface area contributed by atoms with Crippen molar-refractivity contribution in [3.05, 3.63) is 23.3 Å². The topological polar surface area (TPSA) is 47.6 Å². The zero-order valence-electron chi connectivity index (χ0n) is 11.3. The van der Waals surface area contributed by atoms with E-state index >= 15 is 0 Å². The lowest BCUT2D eigenvalue weighted by Gasteiger charge is -2.50. The first-order valence-electron chi connectivity index (χ1n) is 6.29. The first-order valence-corrected chi connectivity index (χ1v) is 6.29. The highest BCUT2D eigenvalue weighted by atomic mass is 19.4. The van der Waals surface area contributed by atoms with Crippen LogP contribution in [0.25, 0.3) is 0 Å². The summed E-state index contributed by atoms with van der Waals surface area (Å²) in [5.41, 5.74) is -7.42. The SMILES string of the molecule is CC1=C2CC=C[C@H]2C(C#N)(C#N)C(C(F)(F)F)(C(F)(F)F)C1. The van der Waals surface area contributed by atoms with Crippen LogP contribution in [0.15, 0.2) is 23.3 Å². The lowest BCUT2D eigenvalue weighted by Crippen LogP contribution is -2.63. The van der Waals surface area contributed by atoms with E-state index in [4.69, 9.17) is 0 Å². The molecule has 2 rings (SSSR count). The number of halogens is 6. The maximum Gasteiger partial charge on any atom is 0.406 e. The van der Waals surface area contributed by atoms with E-state index in [0.717, 1.165) is 18.2 Å². The van der Waals surface area contributed by atoms with Gasteiger partial charge in [0.05, 0.1) is 12.1 Å². The van der Waals surface area contributed by atoms with Crippen molar-refractivity contribution >= 4 is 0 Å². The minimum absolute atomic E-state index is 0.0641. The molecule has 8 heteroatoms. The van der Waals surface area contributed by atoms with Crippen LogP contribution >= 0.6 is 0 Å². The molecule has 2 nitrogen and oxygen atoms in total. The Bertz CT molecular complexity index is 610. The van der Waals surface area contributed by atoms with Crippen LogP contribution in [0.5, 0.6) is 0 Å². The van der Waals surface area contributed by atoms with Gasteiger partial charge < -0.3 is 0 Å². The van der Waals surface area contributed by atoms with Gasteiger partial charge >= 0.3 is 12.4 Å². The van der Waals surface area contributed by atoms with Crippen LogP contribution in [0.1, 0.15) is 19.8 Å². The van der Waals surface area contributed by atoms with Gasteiger partial charge in [-0.3, -0.25) is 0 Å². The molecule has 0 bridgehead atoms. The maximum atomic E-state index is 13.5. The van der Waals surface area contributed by atoms with E-state index in [1.165, 1.54) is 13.0 Å². The first-order chi connectivity index (χ1) is 9.98. The number of fused-ring (bicyclic) bond motifs is 1. The predicted octanol–water partition coefficient (Wildman–Crippen LogP) is 4.43. The highest BCUT2D eigenvalue weighted by Crippen LogP contribution is 2.69. The van der Waals surface area contributed by atoms with E-state index in [2.05, 4.69) is 0 Å². The molecule has 2 aliphatic rings. The molecule has 1 atom stereocenters. The quantitative estimate of drug-likeness (QED) is 0.490. The third-order valence-electron chi connectivity index (χ3n) is 4.58. The molecule has 0 aromatic rings. The van der Waals surface area contributed by atoms with Gasteiger partial charge in [0.15, 0.2) is 10.8 Å². The number of nitriles is 2. The molecule has 0 radical (unpaired) electrons. The Kier molecular flexibility index (Phi) is 3.37. The van der Waals surface area contributed by atoms with Gasteiger partial charge in [-0.05, 0) is 19.8 Å². The summed E-state index contributed by atoms with van der Waals surface area (Å²) < 4.78 is 81.1. The Morgan fingerprint density at radius 3 is 2.00 bits per heavy atom. The van der Waals surface area contributed by atoms with Gasteiger partial charge in [-0.2, -0.15) is 36.9 Å². The van der Waals surface area contributed by atoms with E-state index in [0.29, 0.717) is 5.57 Å². The normalized spacial score (nSPS) is 26.3. The van der Waals surface area contributed by atoms with Crippen LogP contribution in [0.3, 0.4) is 0 Å². The number of rotatable bonds is 0. The molecule has 0 unspecified atom stereocenters. The average molecular weight is 320 g/mol. The summed E-state index contributed by atoms with van der Waals surface area (Å²) in [5, 5.41) is 18.4. The predicted molar refractivity (Wildman–Crippen MR) is 62.8 cm³/mol. The minimum Gasteiger partial charge on any atom is -0.196 e. The zero-order chi connectivity index (χ0) is 17.0. The van der Waals surface area contributed by atoms with Gasteiger partial charge in [0.25, 0.3) is 0 Å². The van der Waals surface area contributed by atoms with Crippen molar-refractivity contribution in [1.82, 2.24) is 0 Å². The fraction of sp³-hybridized carbons (Fsp3) is 0.571. The van der Waals surface area contributed by atoms with E-state index in [1.807, 2.05) is 0 Å². The number of hydrogen-bond acceptors (Lipinski definition) is 2. The van der Waals surface area contributed by atoms with Crippen LogP contribution in [0.4, 0.5) is 26.3 Å². The summed E-state index contributed by atoms with van der Waals surface area (Å²) in [5.74, 6) is -1.50. The molecular weight excluding hydrogens is 310 g/mol. The number of alkyl halides is 6. The highest BCUT2D eigenvalue weighted by molar-refractivity contribution is 5.45.